The first-order valence-electron chi connectivity index (χ1n) is 9.68. The Morgan fingerprint density at radius 1 is 1.24 bits per heavy atom. The number of carbonyl (C=O) groups is 1. The van der Waals surface area contributed by atoms with Gasteiger partial charge < -0.3 is 14.7 Å². The van der Waals surface area contributed by atoms with Gasteiger partial charge in [0.25, 0.3) is 5.91 Å². The Bertz CT molecular complexity index is 1070. The summed E-state index contributed by atoms with van der Waals surface area (Å²) in [5.41, 5.74) is 3.28. The monoisotopic (exact) mass is 409 g/mol. The zero-order chi connectivity index (χ0) is 20.0. The summed E-state index contributed by atoms with van der Waals surface area (Å²) in [6.07, 6.45) is 1.96. The Morgan fingerprint density at radius 3 is 2.86 bits per heavy atom. The van der Waals surface area contributed by atoms with Crippen molar-refractivity contribution in [3.05, 3.63) is 70.4 Å². The molecule has 2 N–H and O–H groups in total. The van der Waals surface area contributed by atoms with Crippen LogP contribution in [0.15, 0.2) is 48.5 Å². The van der Waals surface area contributed by atoms with E-state index < -0.39 is 0 Å². The second-order valence-corrected chi connectivity index (χ2v) is 7.86. The van der Waals surface area contributed by atoms with Gasteiger partial charge in [-0.05, 0) is 42.7 Å². The molecule has 2 aliphatic rings. The van der Waals surface area contributed by atoms with E-state index in [9.17, 15) is 9.90 Å². The van der Waals surface area contributed by atoms with Crippen LogP contribution in [0.4, 0.5) is 0 Å². The summed E-state index contributed by atoms with van der Waals surface area (Å²) in [6, 6.07) is 14.2. The summed E-state index contributed by atoms with van der Waals surface area (Å²) in [5.74, 6) is 0.00585. The van der Waals surface area contributed by atoms with Crippen LogP contribution in [0.5, 0.6) is 5.75 Å². The van der Waals surface area contributed by atoms with Crippen molar-refractivity contribution in [1.29, 1.82) is 0 Å². The van der Waals surface area contributed by atoms with Gasteiger partial charge in [-0.2, -0.15) is 5.10 Å². The van der Waals surface area contributed by atoms with E-state index >= 15 is 0 Å². The molecule has 3 heterocycles. The molecular formula is C22H20ClN3O3. The SMILES string of the molecule is O=C1c2[nH]nc(-c3ccccc3O)c2C(c2cccc(Cl)c2)N1CC1CCCO1. The number of hydrogen-bond donors (Lipinski definition) is 2. The molecule has 2 unspecified atom stereocenters. The van der Waals surface area contributed by atoms with Crippen molar-refractivity contribution in [3.63, 3.8) is 0 Å². The molecule has 148 valence electrons. The van der Waals surface area contributed by atoms with E-state index in [1.54, 1.807) is 18.2 Å². The Hall–Kier alpha value is -2.83. The first-order valence-corrected chi connectivity index (χ1v) is 10.1. The summed E-state index contributed by atoms with van der Waals surface area (Å²) >= 11 is 6.27. The fourth-order valence-corrected chi connectivity index (χ4v) is 4.49. The molecule has 0 spiro atoms. The van der Waals surface area contributed by atoms with Crippen LogP contribution in [0.1, 0.15) is 40.5 Å². The van der Waals surface area contributed by atoms with Crippen LogP contribution >= 0.6 is 11.6 Å². The number of halogens is 1. The first kappa shape index (κ1) is 18.2. The van der Waals surface area contributed by atoms with E-state index in [0.29, 0.717) is 28.5 Å². The number of nitrogens with one attached hydrogen (secondary N) is 1. The van der Waals surface area contributed by atoms with Gasteiger partial charge in [-0.3, -0.25) is 9.89 Å². The van der Waals surface area contributed by atoms with E-state index in [2.05, 4.69) is 10.2 Å². The Balaban J connectivity index is 1.65. The van der Waals surface area contributed by atoms with Gasteiger partial charge in [0.2, 0.25) is 0 Å². The van der Waals surface area contributed by atoms with Gasteiger partial charge >= 0.3 is 0 Å². The minimum absolute atomic E-state index is 0.0196. The summed E-state index contributed by atoms with van der Waals surface area (Å²) in [7, 11) is 0. The molecule has 0 aliphatic carbocycles. The molecule has 0 saturated carbocycles. The van der Waals surface area contributed by atoms with Gasteiger partial charge in [-0.15, -0.1) is 0 Å². The fraction of sp³-hybridized carbons (Fsp3) is 0.273. The van der Waals surface area contributed by atoms with Crippen molar-refractivity contribution in [2.24, 2.45) is 0 Å². The van der Waals surface area contributed by atoms with Gasteiger partial charge in [0, 0.05) is 29.3 Å². The molecule has 2 atom stereocenters. The van der Waals surface area contributed by atoms with Crippen LogP contribution in [0.3, 0.4) is 0 Å². The van der Waals surface area contributed by atoms with Crippen molar-refractivity contribution < 1.29 is 14.6 Å². The first-order chi connectivity index (χ1) is 14.1. The lowest BCUT2D eigenvalue weighted by atomic mass is 9.95. The normalized spacial score (nSPS) is 21.0. The third-order valence-electron chi connectivity index (χ3n) is 5.61. The standard InChI is InChI=1S/C22H20ClN3O3/c23-14-6-3-5-13(11-14)21-18-19(16-8-1-2-9-17(16)27)24-25-20(18)22(28)26(21)12-15-7-4-10-29-15/h1-3,5-6,8-9,11,15,21,27H,4,7,10,12H2,(H,24,25). The largest absolute Gasteiger partial charge is 0.507 e. The van der Waals surface area contributed by atoms with Crippen molar-refractivity contribution in [2.45, 2.75) is 25.0 Å². The Morgan fingerprint density at radius 2 is 2.10 bits per heavy atom. The lowest BCUT2D eigenvalue weighted by molar-refractivity contribution is 0.0495. The van der Waals surface area contributed by atoms with Crippen molar-refractivity contribution in [2.75, 3.05) is 13.2 Å². The third kappa shape index (κ3) is 3.09. The molecule has 7 heteroatoms. The van der Waals surface area contributed by atoms with Crippen molar-refractivity contribution in [1.82, 2.24) is 15.1 Å². The van der Waals surface area contributed by atoms with Gasteiger partial charge in [0.1, 0.15) is 17.1 Å². The molecule has 2 aliphatic heterocycles. The van der Waals surface area contributed by atoms with Crippen LogP contribution in [0.25, 0.3) is 11.3 Å². The molecule has 6 nitrogen and oxygen atoms in total. The number of ether oxygens (including phenoxy) is 1. The Kier molecular flexibility index (Phi) is 4.53. The lowest BCUT2D eigenvalue weighted by Gasteiger charge is -2.28. The summed E-state index contributed by atoms with van der Waals surface area (Å²) in [6.45, 7) is 1.23. The summed E-state index contributed by atoms with van der Waals surface area (Å²) < 4.78 is 5.79. The predicted molar refractivity (Wildman–Crippen MR) is 109 cm³/mol. The Labute approximate surface area is 173 Å². The molecule has 1 fully saturated rings. The van der Waals surface area contributed by atoms with Gasteiger partial charge in [0.05, 0.1) is 12.1 Å². The molecule has 29 heavy (non-hydrogen) atoms. The van der Waals surface area contributed by atoms with E-state index in [1.807, 2.05) is 35.2 Å². The van der Waals surface area contributed by atoms with Crippen molar-refractivity contribution in [3.8, 4) is 17.0 Å². The second-order valence-electron chi connectivity index (χ2n) is 7.43. The quantitative estimate of drug-likeness (QED) is 0.678. The number of nitrogens with zero attached hydrogens (tertiary/aromatic N) is 2. The number of H-pyrrole nitrogens is 1. The highest BCUT2D eigenvalue weighted by Crippen LogP contribution is 2.45. The van der Waals surface area contributed by atoms with Crippen LogP contribution < -0.4 is 0 Å². The summed E-state index contributed by atoms with van der Waals surface area (Å²) in [5, 5.41) is 18.3. The lowest BCUT2D eigenvalue weighted by Crippen LogP contribution is -2.36. The third-order valence-corrected chi connectivity index (χ3v) is 5.85. The van der Waals surface area contributed by atoms with Crippen molar-refractivity contribution >= 4 is 17.5 Å². The second kappa shape index (κ2) is 7.21. The average molecular weight is 410 g/mol. The average Bonchev–Trinajstić information content (AvgIpc) is 3.42. The number of benzene rings is 2. The number of carbonyl (C=O) groups excluding carboxylic acids is 1. The number of phenols is 1. The molecular weight excluding hydrogens is 390 g/mol. The van der Waals surface area contributed by atoms with E-state index in [1.165, 1.54) is 0 Å². The minimum Gasteiger partial charge on any atom is -0.507 e. The maximum Gasteiger partial charge on any atom is 0.273 e. The van der Waals surface area contributed by atoms with Crippen LogP contribution in [-0.4, -0.2) is 45.4 Å². The molecule has 0 bridgehead atoms. The zero-order valence-electron chi connectivity index (χ0n) is 15.6. The zero-order valence-corrected chi connectivity index (χ0v) is 16.4. The molecule has 1 saturated heterocycles. The highest BCUT2D eigenvalue weighted by Gasteiger charge is 2.43. The van der Waals surface area contributed by atoms with Crippen LogP contribution in [0.2, 0.25) is 5.02 Å². The minimum atomic E-state index is -0.353. The van der Waals surface area contributed by atoms with Gasteiger partial charge in [-0.1, -0.05) is 35.9 Å². The highest BCUT2D eigenvalue weighted by molar-refractivity contribution is 6.30. The smallest absolute Gasteiger partial charge is 0.273 e. The topological polar surface area (TPSA) is 78.5 Å². The molecule has 1 aromatic heterocycles. The van der Waals surface area contributed by atoms with E-state index in [-0.39, 0.29) is 23.8 Å². The number of hydrogen-bond acceptors (Lipinski definition) is 4. The highest BCUT2D eigenvalue weighted by atomic mass is 35.5. The van der Waals surface area contributed by atoms with Gasteiger partial charge in [-0.25, -0.2) is 0 Å². The molecule has 3 aromatic rings. The van der Waals surface area contributed by atoms with E-state index in [4.69, 9.17) is 16.3 Å². The number of fused-ring (bicyclic) bond motifs is 1. The number of amides is 1. The maximum atomic E-state index is 13.3. The maximum absolute atomic E-state index is 13.3. The number of aromatic hydroxyl groups is 1. The number of aromatic amines is 1. The molecule has 1 amide bonds. The van der Waals surface area contributed by atoms with E-state index in [0.717, 1.165) is 30.6 Å². The van der Waals surface area contributed by atoms with Crippen LogP contribution in [-0.2, 0) is 4.74 Å². The van der Waals surface area contributed by atoms with Gasteiger partial charge in [0.15, 0.2) is 0 Å². The summed E-state index contributed by atoms with van der Waals surface area (Å²) in [4.78, 5) is 15.1. The number of para-hydroxylation sites is 1. The molecule has 5 rings (SSSR count). The number of aromatic nitrogens is 2. The number of rotatable bonds is 4. The predicted octanol–water partition coefficient (Wildman–Crippen LogP) is 4.16. The van der Waals surface area contributed by atoms with Crippen LogP contribution in [0, 0.1) is 0 Å². The molecule has 2 aromatic carbocycles. The number of phenolic OH excluding ortho intramolecular Hbond substituents is 1. The molecule has 0 radical (unpaired) electrons. The fourth-order valence-electron chi connectivity index (χ4n) is 4.30.